The number of sulfonamides is 1. The maximum atomic E-state index is 12.3. The van der Waals surface area contributed by atoms with E-state index in [4.69, 9.17) is 0 Å². The summed E-state index contributed by atoms with van der Waals surface area (Å²) in [6.45, 7) is 1.74. The Kier molecular flexibility index (Phi) is 7.29. The van der Waals surface area contributed by atoms with Gasteiger partial charge in [-0.25, -0.2) is 13.1 Å². The number of rotatable bonds is 9. The Morgan fingerprint density at radius 3 is 2.22 bits per heavy atom. The first kappa shape index (κ1) is 21.3. The monoisotopic (exact) mass is 398 g/mol. The molecule has 27 heavy (non-hydrogen) atoms. The zero-order chi connectivity index (χ0) is 20.0. The highest BCUT2D eigenvalue weighted by molar-refractivity contribution is 7.89. The molecule has 2 rings (SSSR count). The van der Waals surface area contributed by atoms with Gasteiger partial charge in [0.25, 0.3) is 0 Å². The standard InChI is InChI=1S/C19H24F2N2O3S/c1-14-4-10-18(11-5-14)27(24,25)22-12-13-23(3)15(2)16-6-8-17(9-7-16)26-19(20)21/h4-11,15,19,22H,12-13H2,1-3H3. The number of aryl methyl sites for hydroxylation is 1. The molecule has 0 bridgehead atoms. The Balaban J connectivity index is 1.89. The van der Waals surface area contributed by atoms with Gasteiger partial charge in [0.15, 0.2) is 0 Å². The number of hydrogen-bond acceptors (Lipinski definition) is 4. The van der Waals surface area contributed by atoms with Crippen LogP contribution in [0, 0.1) is 6.92 Å². The first-order valence-corrected chi connectivity index (χ1v) is 9.98. The molecule has 0 aliphatic carbocycles. The summed E-state index contributed by atoms with van der Waals surface area (Å²) < 4.78 is 55.9. The van der Waals surface area contributed by atoms with Gasteiger partial charge in [0.1, 0.15) is 5.75 Å². The minimum atomic E-state index is -3.54. The first-order chi connectivity index (χ1) is 12.7. The van der Waals surface area contributed by atoms with Crippen LogP contribution in [0.3, 0.4) is 0 Å². The van der Waals surface area contributed by atoms with Gasteiger partial charge in [-0.2, -0.15) is 8.78 Å². The van der Waals surface area contributed by atoms with Crippen LogP contribution in [-0.2, 0) is 10.0 Å². The van der Waals surface area contributed by atoms with Crippen LogP contribution in [0.5, 0.6) is 5.75 Å². The maximum Gasteiger partial charge on any atom is 0.387 e. The number of halogens is 2. The predicted molar refractivity (Wildman–Crippen MR) is 100 cm³/mol. The number of ether oxygens (including phenoxy) is 1. The van der Waals surface area contributed by atoms with Crippen molar-refractivity contribution in [1.29, 1.82) is 0 Å². The van der Waals surface area contributed by atoms with E-state index in [1.54, 1.807) is 36.4 Å². The van der Waals surface area contributed by atoms with Crippen molar-refractivity contribution >= 4 is 10.0 Å². The predicted octanol–water partition coefficient (Wildman–Crippen LogP) is 3.57. The lowest BCUT2D eigenvalue weighted by Gasteiger charge is -2.25. The molecule has 0 amide bonds. The molecule has 0 aliphatic rings. The second-order valence-electron chi connectivity index (χ2n) is 6.31. The van der Waals surface area contributed by atoms with Crippen molar-refractivity contribution in [2.45, 2.75) is 31.4 Å². The van der Waals surface area contributed by atoms with Crippen molar-refractivity contribution in [1.82, 2.24) is 9.62 Å². The topological polar surface area (TPSA) is 58.6 Å². The van der Waals surface area contributed by atoms with E-state index in [0.29, 0.717) is 6.54 Å². The van der Waals surface area contributed by atoms with E-state index in [1.165, 1.54) is 12.1 Å². The summed E-state index contributed by atoms with van der Waals surface area (Å²) in [6.07, 6.45) is 0. The molecular formula is C19H24F2N2O3S. The van der Waals surface area contributed by atoms with E-state index < -0.39 is 16.6 Å². The third-order valence-corrected chi connectivity index (χ3v) is 5.81. The highest BCUT2D eigenvalue weighted by Crippen LogP contribution is 2.22. The summed E-state index contributed by atoms with van der Waals surface area (Å²) >= 11 is 0. The molecule has 8 heteroatoms. The van der Waals surface area contributed by atoms with Crippen molar-refractivity contribution in [2.75, 3.05) is 20.1 Å². The molecule has 1 N–H and O–H groups in total. The quantitative estimate of drug-likeness (QED) is 0.702. The smallest absolute Gasteiger partial charge is 0.387 e. The van der Waals surface area contributed by atoms with Crippen LogP contribution >= 0.6 is 0 Å². The molecular weight excluding hydrogens is 374 g/mol. The van der Waals surface area contributed by atoms with Gasteiger partial charge in [0.2, 0.25) is 10.0 Å². The fourth-order valence-electron chi connectivity index (χ4n) is 2.53. The molecule has 1 atom stereocenters. The molecule has 0 aliphatic heterocycles. The molecule has 0 radical (unpaired) electrons. The minimum absolute atomic E-state index is 0.0190. The normalized spacial score (nSPS) is 13.1. The van der Waals surface area contributed by atoms with Crippen molar-refractivity contribution in [3.8, 4) is 5.75 Å². The fourth-order valence-corrected chi connectivity index (χ4v) is 3.55. The van der Waals surface area contributed by atoms with Crippen molar-refractivity contribution in [3.05, 3.63) is 59.7 Å². The molecule has 2 aromatic rings. The highest BCUT2D eigenvalue weighted by Gasteiger charge is 2.16. The number of benzene rings is 2. The SMILES string of the molecule is Cc1ccc(S(=O)(=O)NCCN(C)C(C)c2ccc(OC(F)F)cc2)cc1. The number of likely N-dealkylation sites (N-methyl/N-ethyl adjacent to an activating group) is 1. The van der Waals surface area contributed by atoms with E-state index in [9.17, 15) is 17.2 Å². The lowest BCUT2D eigenvalue weighted by atomic mass is 10.1. The molecule has 1 unspecified atom stereocenters. The van der Waals surface area contributed by atoms with E-state index in [1.807, 2.05) is 25.8 Å². The Bertz CT molecular complexity index is 825. The van der Waals surface area contributed by atoms with Gasteiger partial charge >= 0.3 is 6.61 Å². The molecule has 0 heterocycles. The lowest BCUT2D eigenvalue weighted by molar-refractivity contribution is -0.0498. The van der Waals surface area contributed by atoms with Gasteiger partial charge in [-0.05, 0) is 50.7 Å². The van der Waals surface area contributed by atoms with Crippen molar-refractivity contribution in [3.63, 3.8) is 0 Å². The molecule has 0 saturated heterocycles. The summed E-state index contributed by atoms with van der Waals surface area (Å²) in [5.41, 5.74) is 1.91. The van der Waals surface area contributed by atoms with Crippen LogP contribution in [0.4, 0.5) is 8.78 Å². The van der Waals surface area contributed by atoms with Crippen LogP contribution in [0.15, 0.2) is 53.4 Å². The largest absolute Gasteiger partial charge is 0.435 e. The zero-order valence-electron chi connectivity index (χ0n) is 15.5. The third-order valence-electron chi connectivity index (χ3n) is 4.34. The lowest BCUT2D eigenvalue weighted by Crippen LogP contribution is -2.34. The molecule has 0 spiro atoms. The molecule has 0 fully saturated rings. The molecule has 148 valence electrons. The summed E-state index contributed by atoms with van der Waals surface area (Å²) in [6, 6.07) is 13.1. The van der Waals surface area contributed by atoms with Gasteiger partial charge in [0.05, 0.1) is 4.90 Å². The Morgan fingerprint density at radius 2 is 1.67 bits per heavy atom. The highest BCUT2D eigenvalue weighted by atomic mass is 32.2. The summed E-state index contributed by atoms with van der Waals surface area (Å²) in [5, 5.41) is 0. The van der Waals surface area contributed by atoms with Crippen LogP contribution in [0.2, 0.25) is 0 Å². The number of alkyl halides is 2. The van der Waals surface area contributed by atoms with Crippen LogP contribution < -0.4 is 9.46 Å². The van der Waals surface area contributed by atoms with Crippen LogP contribution in [0.1, 0.15) is 24.1 Å². The average molecular weight is 398 g/mol. The molecule has 0 saturated carbocycles. The second kappa shape index (κ2) is 9.25. The second-order valence-corrected chi connectivity index (χ2v) is 8.08. The van der Waals surface area contributed by atoms with Crippen LogP contribution in [-0.4, -0.2) is 40.1 Å². The van der Waals surface area contributed by atoms with E-state index in [-0.39, 0.29) is 23.2 Å². The maximum absolute atomic E-state index is 12.3. The number of hydrogen-bond donors (Lipinski definition) is 1. The minimum Gasteiger partial charge on any atom is -0.435 e. The van der Waals surface area contributed by atoms with Gasteiger partial charge in [-0.1, -0.05) is 29.8 Å². The van der Waals surface area contributed by atoms with Crippen LogP contribution in [0.25, 0.3) is 0 Å². The average Bonchev–Trinajstić information content (AvgIpc) is 2.61. The Morgan fingerprint density at radius 1 is 1.07 bits per heavy atom. The van der Waals surface area contributed by atoms with Gasteiger partial charge in [-0.15, -0.1) is 0 Å². The van der Waals surface area contributed by atoms with E-state index >= 15 is 0 Å². The van der Waals surface area contributed by atoms with E-state index in [0.717, 1.165) is 11.1 Å². The summed E-state index contributed by atoms with van der Waals surface area (Å²) in [5.74, 6) is 0.106. The number of nitrogens with one attached hydrogen (secondary N) is 1. The van der Waals surface area contributed by atoms with Gasteiger partial charge < -0.3 is 4.74 Å². The molecule has 2 aromatic carbocycles. The van der Waals surface area contributed by atoms with Crippen molar-refractivity contribution < 1.29 is 21.9 Å². The Labute approximate surface area is 159 Å². The molecule has 5 nitrogen and oxygen atoms in total. The first-order valence-electron chi connectivity index (χ1n) is 8.50. The zero-order valence-corrected chi connectivity index (χ0v) is 16.3. The van der Waals surface area contributed by atoms with E-state index in [2.05, 4.69) is 9.46 Å². The fraction of sp³-hybridized carbons (Fsp3) is 0.368. The third kappa shape index (κ3) is 6.27. The summed E-state index contributed by atoms with van der Waals surface area (Å²) in [7, 11) is -1.67. The van der Waals surface area contributed by atoms with Crippen molar-refractivity contribution in [2.24, 2.45) is 0 Å². The van der Waals surface area contributed by atoms with Gasteiger partial charge in [-0.3, -0.25) is 4.90 Å². The van der Waals surface area contributed by atoms with Gasteiger partial charge in [0, 0.05) is 19.1 Å². The Hall–Kier alpha value is -2.03. The number of nitrogens with zero attached hydrogens (tertiary/aromatic N) is 1. The summed E-state index contributed by atoms with van der Waals surface area (Å²) in [4.78, 5) is 2.21. The molecule has 0 aromatic heterocycles.